The summed E-state index contributed by atoms with van der Waals surface area (Å²) in [5.74, 6) is 0.220. The van der Waals surface area contributed by atoms with Crippen molar-refractivity contribution >= 4 is 5.97 Å². The third-order valence-corrected chi connectivity index (χ3v) is 3.74. The minimum atomic E-state index is -0.734. The van der Waals surface area contributed by atoms with Gasteiger partial charge < -0.3 is 9.84 Å². The number of benzene rings is 1. The molecule has 1 atom stereocenters. The lowest BCUT2D eigenvalue weighted by Crippen LogP contribution is -2.42. The third-order valence-electron chi connectivity index (χ3n) is 3.74. The van der Waals surface area contributed by atoms with Gasteiger partial charge in [0.25, 0.3) is 0 Å². The van der Waals surface area contributed by atoms with Crippen molar-refractivity contribution in [3.63, 3.8) is 0 Å². The highest BCUT2D eigenvalue weighted by molar-refractivity contribution is 5.66. The number of likely N-dealkylation sites (tertiary alicyclic amines) is 1. The summed E-state index contributed by atoms with van der Waals surface area (Å²) in [5, 5.41) is 8.75. The standard InChI is InChI=1S/C16H23NO3/c1-12-5-6-13(2)15(10-12)20-14-4-3-8-17(11-14)9-7-16(18)19/h5-6,10,14H,3-4,7-9,11H2,1-2H3,(H,18,19). The van der Waals surface area contributed by atoms with Crippen molar-refractivity contribution in [1.82, 2.24) is 4.90 Å². The van der Waals surface area contributed by atoms with E-state index in [1.165, 1.54) is 5.56 Å². The molecule has 1 unspecified atom stereocenters. The average molecular weight is 277 g/mol. The fourth-order valence-electron chi connectivity index (χ4n) is 2.58. The molecule has 1 N–H and O–H groups in total. The second kappa shape index (κ2) is 6.75. The Labute approximate surface area is 120 Å². The van der Waals surface area contributed by atoms with Gasteiger partial charge in [0, 0.05) is 13.1 Å². The van der Waals surface area contributed by atoms with Crippen LogP contribution in [0.4, 0.5) is 0 Å². The zero-order valence-corrected chi connectivity index (χ0v) is 12.3. The van der Waals surface area contributed by atoms with Gasteiger partial charge in [-0.25, -0.2) is 0 Å². The summed E-state index contributed by atoms with van der Waals surface area (Å²) in [7, 11) is 0. The van der Waals surface area contributed by atoms with Crippen molar-refractivity contribution in [2.45, 2.75) is 39.2 Å². The van der Waals surface area contributed by atoms with Gasteiger partial charge in [-0.15, -0.1) is 0 Å². The zero-order valence-electron chi connectivity index (χ0n) is 12.3. The highest BCUT2D eigenvalue weighted by Gasteiger charge is 2.22. The van der Waals surface area contributed by atoms with E-state index in [-0.39, 0.29) is 12.5 Å². The molecule has 0 aromatic heterocycles. The molecule has 1 aliphatic rings. The number of aliphatic carboxylic acids is 1. The number of rotatable bonds is 5. The fraction of sp³-hybridized carbons (Fsp3) is 0.562. The van der Waals surface area contributed by atoms with Crippen LogP contribution in [0.3, 0.4) is 0 Å². The Kier molecular flexibility index (Phi) is 5.01. The molecule has 4 heteroatoms. The van der Waals surface area contributed by atoms with E-state index < -0.39 is 5.97 Å². The number of hydrogen-bond acceptors (Lipinski definition) is 3. The van der Waals surface area contributed by atoms with Crippen LogP contribution in [0.2, 0.25) is 0 Å². The summed E-state index contributed by atoms with van der Waals surface area (Å²) >= 11 is 0. The largest absolute Gasteiger partial charge is 0.489 e. The first-order valence-electron chi connectivity index (χ1n) is 7.22. The Hall–Kier alpha value is -1.55. The molecule has 1 aliphatic heterocycles. The minimum absolute atomic E-state index is 0.165. The van der Waals surface area contributed by atoms with Crippen molar-refractivity contribution in [3.05, 3.63) is 29.3 Å². The highest BCUT2D eigenvalue weighted by atomic mass is 16.5. The summed E-state index contributed by atoms with van der Waals surface area (Å²) in [6.45, 7) is 6.52. The first-order valence-corrected chi connectivity index (χ1v) is 7.22. The molecule has 4 nitrogen and oxygen atoms in total. The van der Waals surface area contributed by atoms with E-state index in [4.69, 9.17) is 9.84 Å². The lowest BCUT2D eigenvalue weighted by Gasteiger charge is -2.32. The lowest BCUT2D eigenvalue weighted by molar-refractivity contribution is -0.137. The molecule has 20 heavy (non-hydrogen) atoms. The fourth-order valence-corrected chi connectivity index (χ4v) is 2.58. The molecule has 1 aromatic carbocycles. The Balaban J connectivity index is 1.92. The van der Waals surface area contributed by atoms with Crippen molar-refractivity contribution in [2.24, 2.45) is 0 Å². The van der Waals surface area contributed by atoms with Gasteiger partial charge in [-0.05, 0) is 50.4 Å². The van der Waals surface area contributed by atoms with E-state index >= 15 is 0 Å². The molecule has 0 aliphatic carbocycles. The van der Waals surface area contributed by atoms with Crippen LogP contribution in [0.25, 0.3) is 0 Å². The maximum atomic E-state index is 10.6. The molecule has 1 aromatic rings. The molecule has 2 rings (SSSR count). The smallest absolute Gasteiger partial charge is 0.304 e. The normalized spacial score (nSPS) is 19.8. The van der Waals surface area contributed by atoms with Crippen molar-refractivity contribution in [1.29, 1.82) is 0 Å². The predicted molar refractivity (Wildman–Crippen MR) is 78.3 cm³/mol. The van der Waals surface area contributed by atoms with Gasteiger partial charge in [0.1, 0.15) is 11.9 Å². The summed E-state index contributed by atoms with van der Waals surface area (Å²) in [6, 6.07) is 6.24. The molecule has 1 heterocycles. The minimum Gasteiger partial charge on any atom is -0.489 e. The second-order valence-electron chi connectivity index (χ2n) is 5.60. The van der Waals surface area contributed by atoms with Crippen molar-refractivity contribution in [3.8, 4) is 5.75 Å². The zero-order chi connectivity index (χ0) is 14.5. The molecule has 0 amide bonds. The number of carbonyl (C=O) groups is 1. The molecule has 0 saturated carbocycles. The van der Waals surface area contributed by atoms with Gasteiger partial charge >= 0.3 is 5.97 Å². The Morgan fingerprint density at radius 3 is 3.00 bits per heavy atom. The lowest BCUT2D eigenvalue weighted by atomic mass is 10.1. The van der Waals surface area contributed by atoms with Crippen LogP contribution in [-0.2, 0) is 4.79 Å². The number of ether oxygens (including phenoxy) is 1. The maximum Gasteiger partial charge on any atom is 0.304 e. The Morgan fingerprint density at radius 2 is 2.25 bits per heavy atom. The number of hydrogen-bond donors (Lipinski definition) is 1. The van der Waals surface area contributed by atoms with Gasteiger partial charge in [-0.3, -0.25) is 9.69 Å². The average Bonchev–Trinajstić information content (AvgIpc) is 2.41. The molecule has 0 spiro atoms. The van der Waals surface area contributed by atoms with Crippen LogP contribution in [0.5, 0.6) is 5.75 Å². The summed E-state index contributed by atoms with van der Waals surface area (Å²) in [5.41, 5.74) is 2.35. The highest BCUT2D eigenvalue weighted by Crippen LogP contribution is 2.23. The van der Waals surface area contributed by atoms with Gasteiger partial charge in [0.2, 0.25) is 0 Å². The Morgan fingerprint density at radius 1 is 1.45 bits per heavy atom. The molecule has 0 bridgehead atoms. The number of carboxylic acid groups (broad SMARTS) is 1. The summed E-state index contributed by atoms with van der Waals surface area (Å²) < 4.78 is 6.11. The predicted octanol–water partition coefficient (Wildman–Crippen LogP) is 2.62. The van der Waals surface area contributed by atoms with E-state index in [9.17, 15) is 4.79 Å². The topological polar surface area (TPSA) is 49.8 Å². The SMILES string of the molecule is Cc1ccc(C)c(OC2CCCN(CCC(=O)O)C2)c1. The van der Waals surface area contributed by atoms with E-state index in [2.05, 4.69) is 36.9 Å². The van der Waals surface area contributed by atoms with Crippen LogP contribution in [-0.4, -0.2) is 41.7 Å². The van der Waals surface area contributed by atoms with E-state index in [0.29, 0.717) is 6.54 Å². The van der Waals surface area contributed by atoms with E-state index in [0.717, 1.165) is 37.2 Å². The number of carboxylic acids is 1. The van der Waals surface area contributed by atoms with E-state index in [1.54, 1.807) is 0 Å². The second-order valence-corrected chi connectivity index (χ2v) is 5.60. The number of nitrogens with zero attached hydrogens (tertiary/aromatic N) is 1. The molecule has 110 valence electrons. The van der Waals surface area contributed by atoms with Crippen LogP contribution in [0.15, 0.2) is 18.2 Å². The van der Waals surface area contributed by atoms with E-state index in [1.807, 2.05) is 0 Å². The molecular formula is C16H23NO3. The Bertz CT molecular complexity index is 473. The van der Waals surface area contributed by atoms with Crippen molar-refractivity contribution < 1.29 is 14.6 Å². The molecule has 1 fully saturated rings. The molecule has 1 saturated heterocycles. The third kappa shape index (κ3) is 4.23. The van der Waals surface area contributed by atoms with Gasteiger partial charge in [0.05, 0.1) is 6.42 Å². The quantitative estimate of drug-likeness (QED) is 0.899. The maximum absolute atomic E-state index is 10.6. The monoisotopic (exact) mass is 277 g/mol. The van der Waals surface area contributed by atoms with Crippen molar-refractivity contribution in [2.75, 3.05) is 19.6 Å². The molecule has 0 radical (unpaired) electrons. The van der Waals surface area contributed by atoms with Crippen LogP contribution >= 0.6 is 0 Å². The van der Waals surface area contributed by atoms with Gasteiger partial charge in [-0.1, -0.05) is 12.1 Å². The molecular weight excluding hydrogens is 254 g/mol. The number of aryl methyl sites for hydroxylation is 2. The number of piperidine rings is 1. The van der Waals surface area contributed by atoms with Crippen LogP contribution in [0, 0.1) is 13.8 Å². The van der Waals surface area contributed by atoms with Gasteiger partial charge in [0.15, 0.2) is 0 Å². The van der Waals surface area contributed by atoms with Crippen LogP contribution < -0.4 is 4.74 Å². The first kappa shape index (κ1) is 14.9. The summed E-state index contributed by atoms with van der Waals surface area (Å²) in [4.78, 5) is 12.8. The first-order chi connectivity index (χ1) is 9.54. The summed E-state index contributed by atoms with van der Waals surface area (Å²) in [6.07, 6.45) is 2.47. The van der Waals surface area contributed by atoms with Gasteiger partial charge in [-0.2, -0.15) is 0 Å². The van der Waals surface area contributed by atoms with Crippen LogP contribution in [0.1, 0.15) is 30.4 Å².